The largest absolute Gasteiger partial charge is 0.395 e. The number of amides is 1. The standard InChI is InChI=1S/C21H31N3O2/c1-22(2)18-8-6-15(7-9-18)21(26)23-12-16-11-17(13-23)20(14-25)24-10-4-3-5-19(16)24/h6-9,16-17,19-20,25H,3-5,10-14H2,1-2H3/t16-,17+,19+,20+/m1/s1. The number of carbonyl (C=O) groups excluding carboxylic acids is 1. The molecule has 142 valence electrons. The van der Waals surface area contributed by atoms with Gasteiger partial charge in [-0.15, -0.1) is 0 Å². The van der Waals surface area contributed by atoms with Crippen LogP contribution in [0.25, 0.3) is 0 Å². The molecular weight excluding hydrogens is 326 g/mol. The number of aliphatic hydroxyl groups is 1. The fraction of sp³-hybridized carbons (Fsp3) is 0.667. The molecule has 1 N–H and O–H groups in total. The molecule has 0 saturated carbocycles. The third-order valence-electron chi connectivity index (χ3n) is 6.73. The van der Waals surface area contributed by atoms with E-state index in [9.17, 15) is 9.90 Å². The second-order valence-electron chi connectivity index (χ2n) is 8.46. The highest BCUT2D eigenvalue weighted by atomic mass is 16.3. The molecule has 1 aromatic carbocycles. The van der Waals surface area contributed by atoms with Gasteiger partial charge in [0.15, 0.2) is 0 Å². The Morgan fingerprint density at radius 3 is 2.58 bits per heavy atom. The van der Waals surface area contributed by atoms with Crippen LogP contribution in [0.3, 0.4) is 0 Å². The summed E-state index contributed by atoms with van der Waals surface area (Å²) >= 11 is 0. The Labute approximate surface area is 156 Å². The molecule has 4 rings (SSSR count). The van der Waals surface area contributed by atoms with E-state index in [0.29, 0.717) is 17.9 Å². The molecule has 0 spiro atoms. The number of likely N-dealkylation sites (tertiary alicyclic amines) is 1. The Morgan fingerprint density at radius 2 is 1.88 bits per heavy atom. The topological polar surface area (TPSA) is 47.0 Å². The van der Waals surface area contributed by atoms with Crippen molar-refractivity contribution in [3.63, 3.8) is 0 Å². The Bertz CT molecular complexity index is 631. The number of anilines is 1. The van der Waals surface area contributed by atoms with Crippen LogP contribution < -0.4 is 4.90 Å². The number of hydrogen-bond acceptors (Lipinski definition) is 4. The second-order valence-corrected chi connectivity index (χ2v) is 8.46. The van der Waals surface area contributed by atoms with Gasteiger partial charge in [0.05, 0.1) is 6.61 Å². The molecule has 3 fully saturated rings. The molecule has 0 aromatic heterocycles. The van der Waals surface area contributed by atoms with Crippen molar-refractivity contribution in [1.29, 1.82) is 0 Å². The molecule has 5 nitrogen and oxygen atoms in total. The third kappa shape index (κ3) is 3.12. The highest BCUT2D eigenvalue weighted by Gasteiger charge is 2.47. The number of rotatable bonds is 3. The first kappa shape index (κ1) is 17.8. The minimum atomic E-state index is 0.144. The van der Waals surface area contributed by atoms with E-state index in [4.69, 9.17) is 0 Å². The average molecular weight is 357 g/mol. The van der Waals surface area contributed by atoms with Gasteiger partial charge in [0.2, 0.25) is 0 Å². The van der Waals surface area contributed by atoms with E-state index in [2.05, 4.69) is 9.80 Å². The third-order valence-corrected chi connectivity index (χ3v) is 6.73. The minimum Gasteiger partial charge on any atom is -0.395 e. The van der Waals surface area contributed by atoms with Crippen molar-refractivity contribution in [1.82, 2.24) is 9.80 Å². The summed E-state index contributed by atoms with van der Waals surface area (Å²) in [7, 11) is 4.02. The van der Waals surface area contributed by atoms with Crippen LogP contribution in [-0.4, -0.2) is 73.2 Å². The number of piperidine rings is 3. The van der Waals surface area contributed by atoms with Gasteiger partial charge in [-0.1, -0.05) is 6.42 Å². The van der Waals surface area contributed by atoms with Gasteiger partial charge in [-0.25, -0.2) is 0 Å². The molecule has 0 radical (unpaired) electrons. The van der Waals surface area contributed by atoms with Crippen LogP contribution in [0.5, 0.6) is 0 Å². The quantitative estimate of drug-likeness (QED) is 0.900. The summed E-state index contributed by atoms with van der Waals surface area (Å²) in [6.45, 7) is 2.97. The minimum absolute atomic E-state index is 0.144. The zero-order valence-corrected chi connectivity index (χ0v) is 16.0. The molecule has 3 aliphatic rings. The van der Waals surface area contributed by atoms with Crippen molar-refractivity contribution in [3.05, 3.63) is 29.8 Å². The molecule has 0 aliphatic carbocycles. The van der Waals surface area contributed by atoms with Gasteiger partial charge >= 0.3 is 0 Å². The summed E-state index contributed by atoms with van der Waals surface area (Å²) in [6.07, 6.45) is 4.90. The zero-order chi connectivity index (χ0) is 18.3. The summed E-state index contributed by atoms with van der Waals surface area (Å²) in [6, 6.07) is 8.68. The first-order valence-electron chi connectivity index (χ1n) is 10.0. The van der Waals surface area contributed by atoms with Crippen LogP contribution in [0.4, 0.5) is 5.69 Å². The maximum Gasteiger partial charge on any atom is 0.253 e. The maximum atomic E-state index is 13.1. The summed E-state index contributed by atoms with van der Waals surface area (Å²) in [4.78, 5) is 19.8. The van der Waals surface area contributed by atoms with Gasteiger partial charge in [0.1, 0.15) is 0 Å². The van der Waals surface area contributed by atoms with Crippen molar-refractivity contribution < 1.29 is 9.90 Å². The van der Waals surface area contributed by atoms with Crippen molar-refractivity contribution >= 4 is 11.6 Å². The monoisotopic (exact) mass is 357 g/mol. The van der Waals surface area contributed by atoms with Crippen LogP contribution in [0.2, 0.25) is 0 Å². The molecule has 1 amide bonds. The SMILES string of the molecule is CN(C)c1ccc(C(=O)N2C[C@H]3C[C@@H](C2)[C@H](CO)N2CCCC[C@@H]32)cc1. The summed E-state index contributed by atoms with van der Waals surface area (Å²) < 4.78 is 0. The average Bonchev–Trinajstić information content (AvgIpc) is 2.68. The highest BCUT2D eigenvalue weighted by molar-refractivity contribution is 5.94. The molecule has 0 unspecified atom stereocenters. The first-order valence-corrected chi connectivity index (χ1v) is 10.0. The predicted molar refractivity (Wildman–Crippen MR) is 103 cm³/mol. The van der Waals surface area contributed by atoms with E-state index in [-0.39, 0.29) is 18.6 Å². The molecule has 5 heteroatoms. The van der Waals surface area contributed by atoms with Crippen LogP contribution in [0.1, 0.15) is 36.0 Å². The van der Waals surface area contributed by atoms with Crippen LogP contribution in [0.15, 0.2) is 24.3 Å². The summed E-state index contributed by atoms with van der Waals surface area (Å²) in [5.41, 5.74) is 1.88. The fourth-order valence-electron chi connectivity index (χ4n) is 5.41. The predicted octanol–water partition coefficient (Wildman–Crippen LogP) is 2.06. The van der Waals surface area contributed by atoms with Crippen molar-refractivity contribution in [2.45, 2.75) is 37.8 Å². The summed E-state index contributed by atoms with van der Waals surface area (Å²) in [5.74, 6) is 1.10. The number of fused-ring (bicyclic) bond motifs is 4. The van der Waals surface area contributed by atoms with Gasteiger partial charge in [-0.3, -0.25) is 9.69 Å². The van der Waals surface area contributed by atoms with Crippen molar-refractivity contribution in [3.8, 4) is 0 Å². The van der Waals surface area contributed by atoms with E-state index in [0.717, 1.165) is 37.3 Å². The Balaban J connectivity index is 1.52. The first-order chi connectivity index (χ1) is 12.6. The number of hydrogen-bond donors (Lipinski definition) is 1. The molecule has 26 heavy (non-hydrogen) atoms. The van der Waals surface area contributed by atoms with Crippen LogP contribution in [-0.2, 0) is 0 Å². The smallest absolute Gasteiger partial charge is 0.253 e. The number of nitrogens with zero attached hydrogens (tertiary/aromatic N) is 3. The van der Waals surface area contributed by atoms with Crippen molar-refractivity contribution in [2.75, 3.05) is 45.2 Å². The molecule has 3 heterocycles. The van der Waals surface area contributed by atoms with E-state index >= 15 is 0 Å². The molecule has 3 saturated heterocycles. The lowest BCUT2D eigenvalue weighted by Gasteiger charge is -2.56. The van der Waals surface area contributed by atoms with E-state index in [1.807, 2.05) is 43.3 Å². The molecular formula is C21H31N3O2. The van der Waals surface area contributed by atoms with E-state index < -0.39 is 0 Å². The lowest BCUT2D eigenvalue weighted by Crippen LogP contribution is -2.65. The molecule has 3 aliphatic heterocycles. The molecule has 4 atom stereocenters. The van der Waals surface area contributed by atoms with Gasteiger partial charge < -0.3 is 14.9 Å². The van der Waals surface area contributed by atoms with Gasteiger partial charge in [-0.2, -0.15) is 0 Å². The fourth-order valence-corrected chi connectivity index (χ4v) is 5.41. The Morgan fingerprint density at radius 1 is 1.15 bits per heavy atom. The normalized spacial score (nSPS) is 31.4. The lowest BCUT2D eigenvalue weighted by atomic mass is 9.72. The maximum absolute atomic E-state index is 13.1. The molecule has 1 aromatic rings. The van der Waals surface area contributed by atoms with Crippen LogP contribution >= 0.6 is 0 Å². The highest BCUT2D eigenvalue weighted by Crippen LogP contribution is 2.41. The van der Waals surface area contributed by atoms with E-state index in [1.54, 1.807) is 0 Å². The second kappa shape index (κ2) is 7.20. The lowest BCUT2D eigenvalue weighted by molar-refractivity contribution is -0.0795. The molecule has 2 bridgehead atoms. The number of carbonyl (C=O) groups is 1. The van der Waals surface area contributed by atoms with Crippen molar-refractivity contribution in [2.24, 2.45) is 11.8 Å². The zero-order valence-electron chi connectivity index (χ0n) is 16.0. The summed E-state index contributed by atoms with van der Waals surface area (Å²) in [5, 5.41) is 10.0. The number of benzene rings is 1. The Hall–Kier alpha value is -1.59. The van der Waals surface area contributed by atoms with Gasteiger partial charge in [-0.05, 0) is 61.9 Å². The van der Waals surface area contributed by atoms with Gasteiger partial charge in [0.25, 0.3) is 5.91 Å². The van der Waals surface area contributed by atoms with Gasteiger partial charge in [0, 0.05) is 50.5 Å². The van der Waals surface area contributed by atoms with E-state index in [1.165, 1.54) is 19.3 Å². The number of aliphatic hydroxyl groups excluding tert-OH is 1. The van der Waals surface area contributed by atoms with Crippen LogP contribution in [0, 0.1) is 11.8 Å². The Kier molecular flexibility index (Phi) is 4.93.